The molecule has 1 aliphatic rings. The van der Waals surface area contributed by atoms with Crippen molar-refractivity contribution in [3.8, 4) is 5.75 Å². The maximum atomic E-state index is 13.0. The maximum Gasteiger partial charge on any atom is 0.255 e. The van der Waals surface area contributed by atoms with Gasteiger partial charge in [-0.1, -0.05) is 44.5 Å². The zero-order chi connectivity index (χ0) is 26.4. The van der Waals surface area contributed by atoms with E-state index in [0.717, 1.165) is 17.9 Å². The summed E-state index contributed by atoms with van der Waals surface area (Å²) in [6, 6.07) is 20.6. The number of amides is 2. The quantitative estimate of drug-likeness (QED) is 0.370. The molecule has 0 saturated carbocycles. The fraction of sp³-hybridized carbons (Fsp3) is 0.333. The highest BCUT2D eigenvalue weighted by atomic mass is 35.5. The van der Waals surface area contributed by atoms with E-state index < -0.39 is 0 Å². The Kier molecular flexibility index (Phi) is 8.72. The van der Waals surface area contributed by atoms with Crippen LogP contribution in [-0.4, -0.2) is 49.5 Å². The number of halogens is 1. The normalized spacial score (nSPS) is 13.5. The zero-order valence-electron chi connectivity index (χ0n) is 21.7. The molecular formula is C30H34ClN3O3. The third-order valence-corrected chi connectivity index (χ3v) is 6.83. The first-order valence-electron chi connectivity index (χ1n) is 12.8. The van der Waals surface area contributed by atoms with Gasteiger partial charge in [0.1, 0.15) is 5.75 Å². The van der Waals surface area contributed by atoms with Gasteiger partial charge in [0.05, 0.1) is 17.3 Å². The number of nitrogens with one attached hydrogen (secondary N) is 1. The summed E-state index contributed by atoms with van der Waals surface area (Å²) in [6.07, 6.45) is 0.944. The van der Waals surface area contributed by atoms with E-state index in [9.17, 15) is 9.59 Å². The van der Waals surface area contributed by atoms with E-state index in [0.29, 0.717) is 60.5 Å². The highest BCUT2D eigenvalue weighted by Gasteiger charge is 2.23. The Morgan fingerprint density at radius 2 is 1.57 bits per heavy atom. The van der Waals surface area contributed by atoms with Gasteiger partial charge in [-0.05, 0) is 72.5 Å². The van der Waals surface area contributed by atoms with Crippen LogP contribution in [0.15, 0.2) is 66.7 Å². The largest absolute Gasteiger partial charge is 0.494 e. The van der Waals surface area contributed by atoms with E-state index in [-0.39, 0.29) is 11.8 Å². The van der Waals surface area contributed by atoms with Crippen molar-refractivity contribution in [1.29, 1.82) is 0 Å². The smallest absolute Gasteiger partial charge is 0.255 e. The van der Waals surface area contributed by atoms with Crippen molar-refractivity contribution in [3.05, 3.63) is 88.4 Å². The molecule has 7 heteroatoms. The van der Waals surface area contributed by atoms with Gasteiger partial charge in [-0.3, -0.25) is 9.59 Å². The van der Waals surface area contributed by atoms with Gasteiger partial charge in [0.15, 0.2) is 0 Å². The first kappa shape index (κ1) is 26.6. The van der Waals surface area contributed by atoms with Crippen LogP contribution in [-0.2, 0) is 0 Å². The summed E-state index contributed by atoms with van der Waals surface area (Å²) < 4.78 is 5.61. The fourth-order valence-corrected chi connectivity index (χ4v) is 4.61. The average molecular weight is 520 g/mol. The summed E-state index contributed by atoms with van der Waals surface area (Å²) in [7, 11) is 0. The molecule has 1 aliphatic heterocycles. The van der Waals surface area contributed by atoms with Crippen LogP contribution >= 0.6 is 11.6 Å². The van der Waals surface area contributed by atoms with Gasteiger partial charge in [-0.15, -0.1) is 0 Å². The van der Waals surface area contributed by atoms with Crippen LogP contribution in [0, 0.1) is 0 Å². The minimum absolute atomic E-state index is 0.0206. The van der Waals surface area contributed by atoms with E-state index in [1.54, 1.807) is 6.07 Å². The molecular weight excluding hydrogens is 486 g/mol. The number of carbonyl (C=O) groups is 2. The van der Waals surface area contributed by atoms with E-state index >= 15 is 0 Å². The molecule has 0 radical (unpaired) electrons. The molecule has 3 aromatic rings. The molecule has 0 aromatic heterocycles. The van der Waals surface area contributed by atoms with Crippen molar-refractivity contribution in [3.63, 3.8) is 0 Å². The molecule has 1 fully saturated rings. The molecule has 37 heavy (non-hydrogen) atoms. The van der Waals surface area contributed by atoms with Crippen molar-refractivity contribution in [2.45, 2.75) is 33.1 Å². The molecule has 1 saturated heterocycles. The number of carbonyl (C=O) groups excluding carboxylic acids is 2. The third-order valence-electron chi connectivity index (χ3n) is 6.53. The second kappa shape index (κ2) is 12.2. The average Bonchev–Trinajstić information content (AvgIpc) is 2.92. The Balaban J connectivity index is 1.33. The van der Waals surface area contributed by atoms with E-state index in [1.807, 2.05) is 65.6 Å². The molecule has 0 bridgehead atoms. The van der Waals surface area contributed by atoms with Gasteiger partial charge < -0.3 is 19.9 Å². The SMILES string of the molecule is CCCOc1ccc(C(=O)N2CCN(c3ccc(NC(=O)c4ccc(C(C)C)cc4)cc3Cl)CC2)cc1. The van der Waals surface area contributed by atoms with Gasteiger partial charge >= 0.3 is 0 Å². The second-order valence-electron chi connectivity index (χ2n) is 9.55. The first-order valence-corrected chi connectivity index (χ1v) is 13.2. The lowest BCUT2D eigenvalue weighted by Gasteiger charge is -2.36. The van der Waals surface area contributed by atoms with Crippen LogP contribution in [0.3, 0.4) is 0 Å². The van der Waals surface area contributed by atoms with Crippen LogP contribution in [0.1, 0.15) is 59.4 Å². The molecule has 0 spiro atoms. The van der Waals surface area contributed by atoms with Crippen LogP contribution < -0.4 is 15.0 Å². The molecule has 1 N–H and O–H groups in total. The Hall–Kier alpha value is -3.51. The number of hydrogen-bond acceptors (Lipinski definition) is 4. The lowest BCUT2D eigenvalue weighted by atomic mass is 10.0. The number of anilines is 2. The zero-order valence-corrected chi connectivity index (χ0v) is 22.4. The van der Waals surface area contributed by atoms with E-state index in [1.165, 1.54) is 5.56 Å². The van der Waals surface area contributed by atoms with Crippen molar-refractivity contribution < 1.29 is 14.3 Å². The number of piperazine rings is 1. The molecule has 0 atom stereocenters. The van der Waals surface area contributed by atoms with Crippen molar-refractivity contribution in [2.24, 2.45) is 0 Å². The monoisotopic (exact) mass is 519 g/mol. The van der Waals surface area contributed by atoms with Crippen molar-refractivity contribution >= 4 is 34.8 Å². The predicted molar refractivity (Wildman–Crippen MR) is 150 cm³/mol. The number of hydrogen-bond donors (Lipinski definition) is 1. The fourth-order valence-electron chi connectivity index (χ4n) is 4.31. The van der Waals surface area contributed by atoms with E-state index in [2.05, 4.69) is 31.0 Å². The molecule has 194 valence electrons. The van der Waals surface area contributed by atoms with Gasteiger partial charge in [0, 0.05) is 43.0 Å². The molecule has 6 nitrogen and oxygen atoms in total. The molecule has 0 aliphatic carbocycles. The van der Waals surface area contributed by atoms with Crippen molar-refractivity contribution in [2.75, 3.05) is 43.0 Å². The predicted octanol–water partition coefficient (Wildman–Crippen LogP) is 6.47. The number of ether oxygens (including phenoxy) is 1. The van der Waals surface area contributed by atoms with Gasteiger partial charge in [0.2, 0.25) is 0 Å². The lowest BCUT2D eigenvalue weighted by molar-refractivity contribution is 0.0746. The highest BCUT2D eigenvalue weighted by Crippen LogP contribution is 2.30. The highest BCUT2D eigenvalue weighted by molar-refractivity contribution is 6.33. The first-order chi connectivity index (χ1) is 17.9. The number of rotatable bonds is 8. The van der Waals surface area contributed by atoms with Gasteiger partial charge in [0.25, 0.3) is 11.8 Å². The number of nitrogens with zero attached hydrogens (tertiary/aromatic N) is 2. The minimum atomic E-state index is -0.170. The van der Waals surface area contributed by atoms with Gasteiger partial charge in [-0.2, -0.15) is 0 Å². The van der Waals surface area contributed by atoms with Crippen LogP contribution in [0.25, 0.3) is 0 Å². The summed E-state index contributed by atoms with van der Waals surface area (Å²) >= 11 is 6.61. The molecule has 2 amide bonds. The minimum Gasteiger partial charge on any atom is -0.494 e. The standard InChI is InChI=1S/C30H34ClN3O3/c1-4-19-37-26-12-9-24(10-13-26)30(36)34-17-15-33(16-18-34)28-14-11-25(20-27(28)31)32-29(35)23-7-5-22(6-8-23)21(2)3/h5-14,20-21H,4,15-19H2,1-3H3,(H,32,35). The Morgan fingerprint density at radius 3 is 2.16 bits per heavy atom. The summed E-state index contributed by atoms with van der Waals surface area (Å²) in [5.41, 5.74) is 4.00. The topological polar surface area (TPSA) is 61.9 Å². The summed E-state index contributed by atoms with van der Waals surface area (Å²) in [5.74, 6) is 1.05. The van der Waals surface area contributed by atoms with Crippen LogP contribution in [0.5, 0.6) is 5.75 Å². The lowest BCUT2D eigenvalue weighted by Crippen LogP contribution is -2.48. The summed E-state index contributed by atoms with van der Waals surface area (Å²) in [6.45, 7) is 9.54. The van der Waals surface area contributed by atoms with Crippen LogP contribution in [0.4, 0.5) is 11.4 Å². The molecule has 4 rings (SSSR count). The maximum absolute atomic E-state index is 13.0. The second-order valence-corrected chi connectivity index (χ2v) is 9.96. The Morgan fingerprint density at radius 1 is 0.919 bits per heavy atom. The molecule has 3 aromatic carbocycles. The summed E-state index contributed by atoms with van der Waals surface area (Å²) in [4.78, 5) is 29.7. The van der Waals surface area contributed by atoms with Gasteiger partial charge in [-0.25, -0.2) is 0 Å². The Bertz CT molecular complexity index is 1220. The van der Waals surface area contributed by atoms with Crippen molar-refractivity contribution in [1.82, 2.24) is 4.90 Å². The Labute approximate surface area is 224 Å². The number of benzene rings is 3. The molecule has 0 unspecified atom stereocenters. The van der Waals surface area contributed by atoms with Crippen LogP contribution in [0.2, 0.25) is 5.02 Å². The summed E-state index contributed by atoms with van der Waals surface area (Å²) in [5, 5.41) is 3.49. The van der Waals surface area contributed by atoms with E-state index in [4.69, 9.17) is 16.3 Å². The third kappa shape index (κ3) is 6.63. The molecule has 1 heterocycles.